The molecule has 0 aliphatic carbocycles. The van der Waals surface area contributed by atoms with Crippen LogP contribution in [0.4, 0.5) is 5.13 Å². The molecule has 4 nitrogen and oxygen atoms in total. The summed E-state index contributed by atoms with van der Waals surface area (Å²) in [6.07, 6.45) is 0. The molecule has 0 radical (unpaired) electrons. The number of nitrogens with one attached hydrogen (secondary N) is 1. The second-order valence-corrected chi connectivity index (χ2v) is 8.64. The fourth-order valence-electron chi connectivity index (χ4n) is 2.07. The van der Waals surface area contributed by atoms with E-state index in [9.17, 15) is 9.00 Å². The van der Waals surface area contributed by atoms with E-state index in [1.54, 1.807) is 30.3 Å². The van der Waals surface area contributed by atoms with Crippen LogP contribution < -0.4 is 5.32 Å². The molecule has 1 atom stereocenters. The summed E-state index contributed by atoms with van der Waals surface area (Å²) in [5.41, 5.74) is 1.50. The lowest BCUT2D eigenvalue weighted by molar-refractivity contribution is -0.113. The van der Waals surface area contributed by atoms with E-state index in [1.165, 1.54) is 11.3 Å². The first-order valence-corrected chi connectivity index (χ1v) is 10.5. The van der Waals surface area contributed by atoms with Crippen molar-refractivity contribution in [1.29, 1.82) is 0 Å². The van der Waals surface area contributed by atoms with Gasteiger partial charge in [-0.05, 0) is 30.3 Å². The van der Waals surface area contributed by atoms with Gasteiger partial charge in [0.2, 0.25) is 5.91 Å². The number of anilines is 1. The van der Waals surface area contributed by atoms with Gasteiger partial charge in [0, 0.05) is 25.3 Å². The van der Waals surface area contributed by atoms with Gasteiger partial charge in [-0.1, -0.05) is 45.7 Å². The van der Waals surface area contributed by atoms with Crippen molar-refractivity contribution < 1.29 is 9.00 Å². The number of amides is 1. The number of benzene rings is 2. The molecule has 0 saturated carbocycles. The van der Waals surface area contributed by atoms with Crippen LogP contribution in [0.3, 0.4) is 0 Å². The van der Waals surface area contributed by atoms with Gasteiger partial charge >= 0.3 is 0 Å². The Hall–Kier alpha value is -1.54. The predicted octanol–water partition coefficient (Wildman–Crippen LogP) is 4.97. The summed E-state index contributed by atoms with van der Waals surface area (Å²) in [5.74, 6) is -0.468. The third kappa shape index (κ3) is 4.76. The van der Waals surface area contributed by atoms with E-state index in [1.807, 2.05) is 23.6 Å². The quantitative estimate of drug-likeness (QED) is 0.591. The molecule has 1 aromatic heterocycles. The minimum Gasteiger partial charge on any atom is -0.301 e. The van der Waals surface area contributed by atoms with Crippen molar-refractivity contribution >= 4 is 60.7 Å². The molecule has 3 rings (SSSR count). The summed E-state index contributed by atoms with van der Waals surface area (Å²) < 4.78 is 13.1. The molecule has 1 N–H and O–H groups in total. The second kappa shape index (κ2) is 8.23. The van der Waals surface area contributed by atoms with Crippen molar-refractivity contribution in [2.45, 2.75) is 4.90 Å². The Kier molecular flexibility index (Phi) is 6.01. The van der Waals surface area contributed by atoms with Gasteiger partial charge < -0.3 is 5.32 Å². The highest BCUT2D eigenvalue weighted by Crippen LogP contribution is 2.30. The Morgan fingerprint density at radius 3 is 2.64 bits per heavy atom. The van der Waals surface area contributed by atoms with E-state index in [4.69, 9.17) is 11.6 Å². The smallest absolute Gasteiger partial charge is 0.239 e. The van der Waals surface area contributed by atoms with Crippen LogP contribution >= 0.6 is 38.9 Å². The maximum Gasteiger partial charge on any atom is 0.239 e. The highest BCUT2D eigenvalue weighted by molar-refractivity contribution is 9.10. The lowest BCUT2D eigenvalue weighted by Gasteiger charge is -2.03. The molecule has 3 aromatic rings. The summed E-state index contributed by atoms with van der Waals surface area (Å²) >= 11 is 10.8. The van der Waals surface area contributed by atoms with E-state index < -0.39 is 10.8 Å². The first-order valence-electron chi connectivity index (χ1n) is 7.17. The standard InChI is InChI=1S/C17H12BrClN2O2S2/c18-11-5-7-12(8-6-11)25(23)10-16(22)21-17-20-15(9-24-17)13-3-1-2-4-14(13)19/h1-9H,10H2,(H,20,21,22)/t25-/m0/s1. The molecule has 0 saturated heterocycles. The second-order valence-electron chi connectivity index (χ2n) is 5.01. The number of carbonyl (C=O) groups is 1. The average Bonchev–Trinajstić information content (AvgIpc) is 3.03. The molecule has 25 heavy (non-hydrogen) atoms. The minimum absolute atomic E-state index is 0.122. The molecule has 2 aromatic carbocycles. The Morgan fingerprint density at radius 1 is 1.20 bits per heavy atom. The summed E-state index contributed by atoms with van der Waals surface area (Å²) in [6.45, 7) is 0. The number of hydrogen-bond donors (Lipinski definition) is 1. The van der Waals surface area contributed by atoms with Crippen molar-refractivity contribution in [1.82, 2.24) is 4.98 Å². The Balaban J connectivity index is 1.65. The molecule has 1 heterocycles. The van der Waals surface area contributed by atoms with Gasteiger partial charge in [-0.3, -0.25) is 9.00 Å². The van der Waals surface area contributed by atoms with Crippen LogP contribution in [-0.2, 0) is 15.6 Å². The first-order chi connectivity index (χ1) is 12.0. The van der Waals surface area contributed by atoms with Crippen molar-refractivity contribution in [3.8, 4) is 11.3 Å². The van der Waals surface area contributed by atoms with Crippen LogP contribution in [0.5, 0.6) is 0 Å². The zero-order valence-electron chi connectivity index (χ0n) is 12.7. The van der Waals surface area contributed by atoms with Gasteiger partial charge in [0.15, 0.2) is 5.13 Å². The largest absolute Gasteiger partial charge is 0.301 e. The number of nitrogens with zero attached hydrogens (tertiary/aromatic N) is 1. The van der Waals surface area contributed by atoms with E-state index >= 15 is 0 Å². The van der Waals surface area contributed by atoms with E-state index in [0.29, 0.717) is 20.7 Å². The van der Waals surface area contributed by atoms with Crippen LogP contribution in [0.1, 0.15) is 0 Å². The summed E-state index contributed by atoms with van der Waals surface area (Å²) in [7, 11) is -1.41. The summed E-state index contributed by atoms with van der Waals surface area (Å²) in [4.78, 5) is 17.1. The lowest BCUT2D eigenvalue weighted by Crippen LogP contribution is -2.19. The van der Waals surface area contributed by atoms with Gasteiger partial charge in [-0.2, -0.15) is 0 Å². The normalized spacial score (nSPS) is 11.9. The van der Waals surface area contributed by atoms with Gasteiger partial charge in [0.25, 0.3) is 0 Å². The number of carbonyl (C=O) groups excluding carboxylic acids is 1. The van der Waals surface area contributed by atoms with Crippen molar-refractivity contribution in [3.05, 3.63) is 63.4 Å². The summed E-state index contributed by atoms with van der Waals surface area (Å²) in [5, 5.41) is 5.56. The fraction of sp³-hybridized carbons (Fsp3) is 0.0588. The SMILES string of the molecule is O=C(C[S@](=O)c1ccc(Br)cc1)Nc1nc(-c2ccccc2Cl)cs1. The van der Waals surface area contributed by atoms with Crippen molar-refractivity contribution in [2.24, 2.45) is 0 Å². The number of thiazole rings is 1. The van der Waals surface area contributed by atoms with Crippen LogP contribution in [0.2, 0.25) is 5.02 Å². The van der Waals surface area contributed by atoms with Crippen LogP contribution in [0.15, 0.2) is 63.3 Å². The first kappa shape index (κ1) is 18.3. The average molecular weight is 456 g/mol. The monoisotopic (exact) mass is 454 g/mol. The van der Waals surface area contributed by atoms with Gasteiger partial charge in [0.05, 0.1) is 16.5 Å². The van der Waals surface area contributed by atoms with Crippen LogP contribution in [-0.4, -0.2) is 20.9 Å². The van der Waals surface area contributed by atoms with Crippen molar-refractivity contribution in [3.63, 3.8) is 0 Å². The maximum absolute atomic E-state index is 12.2. The Bertz CT molecular complexity index is 928. The molecule has 1 amide bonds. The Morgan fingerprint density at radius 2 is 1.92 bits per heavy atom. The number of rotatable bonds is 5. The molecule has 0 unspecified atom stereocenters. The number of halogens is 2. The molecule has 0 bridgehead atoms. The maximum atomic E-state index is 12.2. The molecule has 0 aliphatic heterocycles. The molecular formula is C17H12BrClN2O2S2. The lowest BCUT2D eigenvalue weighted by atomic mass is 10.2. The van der Waals surface area contributed by atoms with E-state index in [2.05, 4.69) is 26.2 Å². The molecule has 0 fully saturated rings. The highest BCUT2D eigenvalue weighted by atomic mass is 79.9. The molecule has 128 valence electrons. The molecule has 0 aliphatic rings. The van der Waals surface area contributed by atoms with Crippen LogP contribution in [0.25, 0.3) is 11.3 Å². The van der Waals surface area contributed by atoms with Crippen LogP contribution in [0, 0.1) is 0 Å². The molecule has 0 spiro atoms. The topological polar surface area (TPSA) is 59.1 Å². The van der Waals surface area contributed by atoms with Gasteiger partial charge in [-0.25, -0.2) is 4.98 Å². The number of aromatic nitrogens is 1. The van der Waals surface area contributed by atoms with E-state index in [-0.39, 0.29) is 11.7 Å². The zero-order chi connectivity index (χ0) is 17.8. The molecule has 8 heteroatoms. The van der Waals surface area contributed by atoms with Gasteiger partial charge in [-0.15, -0.1) is 11.3 Å². The third-order valence-corrected chi connectivity index (χ3v) is 6.18. The van der Waals surface area contributed by atoms with E-state index in [0.717, 1.165) is 10.0 Å². The molecular weight excluding hydrogens is 444 g/mol. The summed E-state index contributed by atoms with van der Waals surface area (Å²) in [6, 6.07) is 14.4. The van der Waals surface area contributed by atoms with Crippen molar-refractivity contribution in [2.75, 3.05) is 11.1 Å². The zero-order valence-corrected chi connectivity index (χ0v) is 16.7. The predicted molar refractivity (Wildman–Crippen MR) is 107 cm³/mol. The highest BCUT2D eigenvalue weighted by Gasteiger charge is 2.13. The number of hydrogen-bond acceptors (Lipinski definition) is 4. The minimum atomic E-state index is -1.41. The fourth-order valence-corrected chi connectivity index (χ4v) is 4.21. The Labute approximate surface area is 164 Å². The third-order valence-electron chi connectivity index (χ3n) is 3.24. The van der Waals surface area contributed by atoms with Gasteiger partial charge in [0.1, 0.15) is 5.75 Å².